The van der Waals surface area contributed by atoms with E-state index in [2.05, 4.69) is 17.2 Å². The van der Waals surface area contributed by atoms with Crippen molar-refractivity contribution in [3.63, 3.8) is 0 Å². The fourth-order valence-corrected chi connectivity index (χ4v) is 2.45. The molecule has 1 aromatic carbocycles. The highest BCUT2D eigenvalue weighted by Gasteiger charge is 2.12. The van der Waals surface area contributed by atoms with Crippen molar-refractivity contribution in [3.05, 3.63) is 50.9 Å². The largest absolute Gasteiger partial charge is 0.395 e. The molecule has 0 atom stereocenters. The van der Waals surface area contributed by atoms with Crippen LogP contribution in [0, 0.1) is 17.7 Å². The molecule has 1 aromatic heterocycles. The molecule has 1 amide bonds. The molecule has 0 bridgehead atoms. The van der Waals surface area contributed by atoms with Crippen LogP contribution in [-0.2, 0) is 0 Å². The summed E-state index contributed by atoms with van der Waals surface area (Å²) >= 11 is 6.97. The van der Waals surface area contributed by atoms with E-state index >= 15 is 0 Å². The summed E-state index contributed by atoms with van der Waals surface area (Å²) in [7, 11) is 0. The van der Waals surface area contributed by atoms with E-state index in [1.165, 1.54) is 23.5 Å². The molecule has 0 unspecified atom stereocenters. The van der Waals surface area contributed by atoms with Gasteiger partial charge >= 0.3 is 0 Å². The third-order valence-electron chi connectivity index (χ3n) is 2.51. The summed E-state index contributed by atoms with van der Waals surface area (Å²) in [5, 5.41) is 12.7. The van der Waals surface area contributed by atoms with Crippen LogP contribution in [0.3, 0.4) is 0 Å². The normalized spacial score (nSPS) is 9.86. The van der Waals surface area contributed by atoms with Crippen LogP contribution >= 0.6 is 22.9 Å². The van der Waals surface area contributed by atoms with E-state index in [9.17, 15) is 9.18 Å². The van der Waals surface area contributed by atoms with E-state index in [-0.39, 0.29) is 17.3 Å². The maximum atomic E-state index is 13.7. The molecule has 21 heavy (non-hydrogen) atoms. The summed E-state index contributed by atoms with van der Waals surface area (Å²) in [5.74, 6) is 4.52. The molecule has 6 heteroatoms. The van der Waals surface area contributed by atoms with Crippen molar-refractivity contribution in [1.29, 1.82) is 0 Å². The zero-order valence-corrected chi connectivity index (χ0v) is 12.4. The van der Waals surface area contributed by atoms with Crippen molar-refractivity contribution in [2.45, 2.75) is 6.42 Å². The lowest BCUT2D eigenvalue weighted by atomic mass is 10.2. The third kappa shape index (κ3) is 4.05. The summed E-state index contributed by atoms with van der Waals surface area (Å²) in [6.45, 7) is -0.000236. The molecule has 0 radical (unpaired) electrons. The number of hydrogen-bond acceptors (Lipinski definition) is 3. The molecule has 0 fully saturated rings. The second-order valence-electron chi connectivity index (χ2n) is 4.03. The second kappa shape index (κ2) is 7.23. The lowest BCUT2D eigenvalue weighted by Gasteiger charge is -2.05. The minimum Gasteiger partial charge on any atom is -0.395 e. The number of carbonyl (C=O) groups excluding carboxylic acids is 1. The highest BCUT2D eigenvalue weighted by atomic mass is 35.5. The van der Waals surface area contributed by atoms with E-state index in [0.29, 0.717) is 16.9 Å². The molecular formula is C15H11ClFNO2S. The van der Waals surface area contributed by atoms with Gasteiger partial charge in [-0.05, 0) is 18.2 Å². The first-order chi connectivity index (χ1) is 10.1. The minimum absolute atomic E-state index is 0.000236. The van der Waals surface area contributed by atoms with Crippen molar-refractivity contribution in [3.8, 4) is 11.8 Å². The number of hydrogen-bond donors (Lipinski definition) is 2. The van der Waals surface area contributed by atoms with Gasteiger partial charge in [0.25, 0.3) is 5.91 Å². The lowest BCUT2D eigenvalue weighted by Crippen LogP contribution is -2.12. The van der Waals surface area contributed by atoms with Gasteiger partial charge in [0.15, 0.2) is 5.82 Å². The highest BCUT2D eigenvalue weighted by molar-refractivity contribution is 7.10. The van der Waals surface area contributed by atoms with E-state index < -0.39 is 11.7 Å². The Morgan fingerprint density at radius 3 is 3.05 bits per heavy atom. The molecule has 2 N–H and O–H groups in total. The predicted molar refractivity (Wildman–Crippen MR) is 82.3 cm³/mol. The molecule has 0 aliphatic carbocycles. The topological polar surface area (TPSA) is 49.3 Å². The Hall–Kier alpha value is -1.87. The molecule has 3 nitrogen and oxygen atoms in total. The molecule has 0 aliphatic rings. The van der Waals surface area contributed by atoms with Crippen LogP contribution in [0.2, 0.25) is 5.02 Å². The van der Waals surface area contributed by atoms with Crippen molar-refractivity contribution in [2.75, 3.05) is 11.9 Å². The van der Waals surface area contributed by atoms with Gasteiger partial charge in [-0.3, -0.25) is 4.79 Å². The van der Waals surface area contributed by atoms with Gasteiger partial charge in [0.2, 0.25) is 0 Å². The molecule has 2 rings (SSSR count). The van der Waals surface area contributed by atoms with Crippen LogP contribution < -0.4 is 5.32 Å². The Morgan fingerprint density at radius 1 is 1.48 bits per heavy atom. The molecular weight excluding hydrogens is 313 g/mol. The maximum Gasteiger partial charge on any atom is 0.256 e. The number of aliphatic hydroxyl groups is 1. The quantitative estimate of drug-likeness (QED) is 0.849. The number of carbonyl (C=O) groups is 1. The van der Waals surface area contributed by atoms with Crippen molar-refractivity contribution in [1.82, 2.24) is 0 Å². The Balaban J connectivity index is 2.11. The zero-order valence-electron chi connectivity index (χ0n) is 10.8. The standard InChI is InChI=1S/C15H11ClFNO2S/c16-12-5-3-6-13(14(12)17)18-15(20)10-8-11(21-9-10)4-1-2-7-19/h3,5-6,8-9,19H,2,7H2,(H,18,20). The number of halogens is 2. The van der Waals surface area contributed by atoms with Crippen LogP contribution in [0.15, 0.2) is 29.6 Å². The fraction of sp³-hybridized carbons (Fsp3) is 0.133. The lowest BCUT2D eigenvalue weighted by molar-refractivity contribution is 0.102. The van der Waals surface area contributed by atoms with Gasteiger partial charge in [-0.25, -0.2) is 4.39 Å². The van der Waals surface area contributed by atoms with Crippen molar-refractivity contribution < 1.29 is 14.3 Å². The molecule has 0 saturated heterocycles. The van der Waals surface area contributed by atoms with E-state index in [4.69, 9.17) is 16.7 Å². The summed E-state index contributed by atoms with van der Waals surface area (Å²) in [6, 6.07) is 6.02. The number of aliphatic hydroxyl groups excluding tert-OH is 1. The predicted octanol–water partition coefficient (Wildman–Crippen LogP) is 3.53. The Labute approximate surface area is 130 Å². The molecule has 1 heterocycles. The van der Waals surface area contributed by atoms with Crippen molar-refractivity contribution in [2.24, 2.45) is 0 Å². The maximum absolute atomic E-state index is 13.7. The Bertz CT molecular complexity index is 718. The first kappa shape index (κ1) is 15.5. The summed E-state index contributed by atoms with van der Waals surface area (Å²) in [4.78, 5) is 12.7. The summed E-state index contributed by atoms with van der Waals surface area (Å²) in [5.41, 5.74) is 0.430. The number of amides is 1. The molecule has 0 spiro atoms. The number of thiophene rings is 1. The molecule has 2 aromatic rings. The van der Waals surface area contributed by atoms with Gasteiger partial charge < -0.3 is 10.4 Å². The zero-order chi connectivity index (χ0) is 15.2. The van der Waals surface area contributed by atoms with Crippen LogP contribution in [0.5, 0.6) is 0 Å². The fourth-order valence-electron chi connectivity index (χ4n) is 1.52. The molecule has 0 saturated carbocycles. The van der Waals surface area contributed by atoms with E-state index in [1.54, 1.807) is 17.5 Å². The van der Waals surface area contributed by atoms with Crippen LogP contribution in [0.25, 0.3) is 0 Å². The first-order valence-electron chi connectivity index (χ1n) is 6.05. The average Bonchev–Trinajstić information content (AvgIpc) is 2.93. The van der Waals surface area contributed by atoms with Gasteiger partial charge in [-0.15, -0.1) is 11.3 Å². The van der Waals surface area contributed by atoms with E-state index in [0.717, 1.165) is 0 Å². The number of anilines is 1. The van der Waals surface area contributed by atoms with Crippen molar-refractivity contribution >= 4 is 34.5 Å². The van der Waals surface area contributed by atoms with Crippen LogP contribution in [-0.4, -0.2) is 17.6 Å². The minimum atomic E-state index is -0.661. The average molecular weight is 324 g/mol. The molecule has 108 valence electrons. The highest BCUT2D eigenvalue weighted by Crippen LogP contribution is 2.23. The number of rotatable bonds is 3. The summed E-state index contributed by atoms with van der Waals surface area (Å²) in [6.07, 6.45) is 0.382. The number of benzene rings is 1. The van der Waals surface area contributed by atoms with Gasteiger partial charge in [-0.2, -0.15) is 0 Å². The summed E-state index contributed by atoms with van der Waals surface area (Å²) < 4.78 is 13.7. The third-order valence-corrected chi connectivity index (χ3v) is 3.65. The van der Waals surface area contributed by atoms with E-state index in [1.807, 2.05) is 0 Å². The Morgan fingerprint density at radius 2 is 2.29 bits per heavy atom. The molecule has 0 aliphatic heterocycles. The van der Waals surface area contributed by atoms with Gasteiger partial charge in [0, 0.05) is 11.8 Å². The van der Waals surface area contributed by atoms with Gasteiger partial charge in [0.05, 0.1) is 27.8 Å². The Kier molecular flexibility index (Phi) is 5.34. The smallest absolute Gasteiger partial charge is 0.256 e. The SMILES string of the molecule is O=C(Nc1cccc(Cl)c1F)c1csc(C#CCCO)c1. The first-order valence-corrected chi connectivity index (χ1v) is 7.31. The van der Waals surface area contributed by atoms with Gasteiger partial charge in [-0.1, -0.05) is 29.5 Å². The van der Waals surface area contributed by atoms with Crippen LogP contribution in [0.1, 0.15) is 21.7 Å². The second-order valence-corrected chi connectivity index (χ2v) is 5.35. The number of nitrogens with one attached hydrogen (secondary N) is 1. The van der Waals surface area contributed by atoms with Gasteiger partial charge in [0.1, 0.15) is 0 Å². The monoisotopic (exact) mass is 323 g/mol. The van der Waals surface area contributed by atoms with Crippen LogP contribution in [0.4, 0.5) is 10.1 Å².